The van der Waals surface area contributed by atoms with Crippen molar-refractivity contribution in [3.05, 3.63) is 24.0 Å². The number of pyridine rings is 1. The minimum Gasteiger partial charge on any atom is -0.506 e. The second-order valence-electron chi connectivity index (χ2n) is 5.19. The average molecular weight is 236 g/mol. The number of nitrogens with one attached hydrogen (secondary N) is 1. The number of rotatable bonds is 3. The summed E-state index contributed by atoms with van der Waals surface area (Å²) >= 11 is 0. The first kappa shape index (κ1) is 12.3. The van der Waals surface area contributed by atoms with Crippen LogP contribution in [0, 0.1) is 0 Å². The maximum Gasteiger partial charge on any atom is 0.133 e. The Bertz CT molecular complexity index is 362. The Labute approximate surface area is 102 Å². The molecule has 0 radical (unpaired) electrons. The number of hydrogen-bond acceptors (Lipinski definition) is 4. The minimum absolute atomic E-state index is 0.0295. The first-order chi connectivity index (χ1) is 8.05. The van der Waals surface area contributed by atoms with Crippen molar-refractivity contribution in [3.63, 3.8) is 0 Å². The quantitative estimate of drug-likeness (QED) is 0.840. The molecule has 1 fully saturated rings. The van der Waals surface area contributed by atoms with Gasteiger partial charge in [0.1, 0.15) is 5.75 Å². The van der Waals surface area contributed by atoms with Gasteiger partial charge in [-0.15, -0.1) is 0 Å². The molecule has 1 saturated heterocycles. The highest BCUT2D eigenvalue weighted by Crippen LogP contribution is 2.24. The van der Waals surface area contributed by atoms with Gasteiger partial charge in [0, 0.05) is 19.2 Å². The normalized spacial score (nSPS) is 23.5. The van der Waals surface area contributed by atoms with Gasteiger partial charge in [0.15, 0.2) is 0 Å². The van der Waals surface area contributed by atoms with E-state index in [1.165, 1.54) is 6.20 Å². The molecular formula is C13H20N2O2. The summed E-state index contributed by atoms with van der Waals surface area (Å²) in [6.45, 7) is 5.80. The van der Waals surface area contributed by atoms with Crippen LogP contribution in [0.2, 0.25) is 0 Å². The van der Waals surface area contributed by atoms with E-state index in [9.17, 15) is 0 Å². The number of aromatic hydroxyl groups is 1. The van der Waals surface area contributed by atoms with E-state index in [4.69, 9.17) is 9.84 Å². The highest BCUT2D eigenvalue weighted by atomic mass is 16.5. The number of nitrogens with zero attached hydrogens (tertiary/aromatic N) is 1. The summed E-state index contributed by atoms with van der Waals surface area (Å²) in [5.74, 6) is 0.209. The summed E-state index contributed by atoms with van der Waals surface area (Å²) in [7, 11) is 0. The van der Waals surface area contributed by atoms with Crippen molar-refractivity contribution in [2.75, 3.05) is 6.61 Å². The van der Waals surface area contributed by atoms with Crippen LogP contribution in [0.15, 0.2) is 18.3 Å². The van der Waals surface area contributed by atoms with Crippen LogP contribution in [0.5, 0.6) is 5.75 Å². The van der Waals surface area contributed by atoms with Crippen molar-refractivity contribution < 1.29 is 9.84 Å². The molecule has 0 spiro atoms. The van der Waals surface area contributed by atoms with Crippen molar-refractivity contribution in [3.8, 4) is 5.75 Å². The van der Waals surface area contributed by atoms with E-state index in [0.717, 1.165) is 31.7 Å². The van der Waals surface area contributed by atoms with Gasteiger partial charge in [0.2, 0.25) is 0 Å². The molecule has 94 valence electrons. The highest BCUT2D eigenvalue weighted by Gasteiger charge is 2.28. The topological polar surface area (TPSA) is 54.4 Å². The van der Waals surface area contributed by atoms with Crippen molar-refractivity contribution in [1.82, 2.24) is 10.3 Å². The lowest BCUT2D eigenvalue weighted by Crippen LogP contribution is -2.43. The Morgan fingerprint density at radius 3 is 3.00 bits per heavy atom. The molecule has 0 bridgehead atoms. The maximum atomic E-state index is 9.14. The Kier molecular flexibility index (Phi) is 3.64. The smallest absolute Gasteiger partial charge is 0.133 e. The van der Waals surface area contributed by atoms with Gasteiger partial charge >= 0.3 is 0 Å². The Hall–Kier alpha value is -1.13. The van der Waals surface area contributed by atoms with Crippen LogP contribution in [0.1, 0.15) is 32.4 Å². The van der Waals surface area contributed by atoms with Crippen LogP contribution < -0.4 is 5.32 Å². The molecule has 0 amide bonds. The lowest BCUT2D eigenvalue weighted by atomic mass is 9.94. The lowest BCUT2D eigenvalue weighted by Gasteiger charge is -2.35. The largest absolute Gasteiger partial charge is 0.506 e. The van der Waals surface area contributed by atoms with E-state index in [2.05, 4.69) is 24.1 Å². The summed E-state index contributed by atoms with van der Waals surface area (Å²) in [4.78, 5) is 4.16. The molecule has 1 aliphatic rings. The van der Waals surface area contributed by atoms with Crippen LogP contribution >= 0.6 is 0 Å². The van der Waals surface area contributed by atoms with E-state index < -0.39 is 0 Å². The van der Waals surface area contributed by atoms with Crippen LogP contribution in [0.4, 0.5) is 0 Å². The summed E-state index contributed by atoms with van der Waals surface area (Å²) in [6.07, 6.45) is 3.54. The van der Waals surface area contributed by atoms with Crippen LogP contribution in [0.25, 0.3) is 0 Å². The van der Waals surface area contributed by atoms with Crippen molar-refractivity contribution >= 4 is 0 Å². The minimum atomic E-state index is -0.0295. The zero-order valence-corrected chi connectivity index (χ0v) is 10.4. The van der Waals surface area contributed by atoms with Crippen LogP contribution in [0.3, 0.4) is 0 Å². The maximum absolute atomic E-state index is 9.14. The molecule has 0 saturated carbocycles. The van der Waals surface area contributed by atoms with Crippen molar-refractivity contribution in [1.29, 1.82) is 0 Å². The van der Waals surface area contributed by atoms with E-state index in [1.54, 1.807) is 6.07 Å². The molecule has 1 unspecified atom stereocenters. The molecule has 0 aliphatic carbocycles. The third kappa shape index (κ3) is 3.68. The molecule has 2 heterocycles. The van der Waals surface area contributed by atoms with Gasteiger partial charge in [-0.05, 0) is 38.8 Å². The molecule has 0 aromatic carbocycles. The van der Waals surface area contributed by atoms with E-state index in [-0.39, 0.29) is 11.4 Å². The van der Waals surface area contributed by atoms with Crippen LogP contribution in [-0.2, 0) is 11.3 Å². The van der Waals surface area contributed by atoms with Gasteiger partial charge in [-0.25, -0.2) is 0 Å². The third-order valence-electron chi connectivity index (χ3n) is 3.08. The zero-order valence-electron chi connectivity index (χ0n) is 10.4. The third-order valence-corrected chi connectivity index (χ3v) is 3.08. The highest BCUT2D eigenvalue weighted by molar-refractivity contribution is 5.17. The number of hydrogen-bond donors (Lipinski definition) is 2. The van der Waals surface area contributed by atoms with Gasteiger partial charge < -0.3 is 15.2 Å². The molecule has 4 nitrogen and oxygen atoms in total. The van der Waals surface area contributed by atoms with Crippen LogP contribution in [-0.4, -0.2) is 28.3 Å². The second-order valence-corrected chi connectivity index (χ2v) is 5.19. The molecule has 1 aliphatic heterocycles. The van der Waals surface area contributed by atoms with Gasteiger partial charge in [-0.3, -0.25) is 4.98 Å². The molecule has 2 rings (SSSR count). The summed E-state index contributed by atoms with van der Waals surface area (Å²) in [5, 5.41) is 12.6. The zero-order chi connectivity index (χ0) is 12.3. The fraction of sp³-hybridized carbons (Fsp3) is 0.615. The summed E-state index contributed by atoms with van der Waals surface area (Å²) in [6, 6.07) is 3.99. The standard InChI is InChI=1S/C13H20N2O2/c1-13(2)7-10(5-6-17-13)14-8-11-3-4-12(16)9-15-11/h3-4,9-10,14,16H,5-8H2,1-2H3. The lowest BCUT2D eigenvalue weighted by molar-refractivity contribution is -0.0631. The summed E-state index contributed by atoms with van der Waals surface area (Å²) in [5.41, 5.74) is 0.922. The van der Waals surface area contributed by atoms with E-state index >= 15 is 0 Å². The van der Waals surface area contributed by atoms with Gasteiger partial charge in [0.05, 0.1) is 17.5 Å². The fourth-order valence-electron chi connectivity index (χ4n) is 2.18. The monoisotopic (exact) mass is 236 g/mol. The predicted molar refractivity (Wildman–Crippen MR) is 65.8 cm³/mol. The Morgan fingerprint density at radius 2 is 2.35 bits per heavy atom. The van der Waals surface area contributed by atoms with Gasteiger partial charge in [-0.2, -0.15) is 0 Å². The molecule has 4 heteroatoms. The Morgan fingerprint density at radius 1 is 1.53 bits per heavy atom. The molecule has 1 aromatic heterocycles. The number of aromatic nitrogens is 1. The molecule has 17 heavy (non-hydrogen) atoms. The average Bonchev–Trinajstić information content (AvgIpc) is 2.27. The molecule has 2 N–H and O–H groups in total. The van der Waals surface area contributed by atoms with Gasteiger partial charge in [-0.1, -0.05) is 0 Å². The molecular weight excluding hydrogens is 216 g/mol. The number of ether oxygens (including phenoxy) is 1. The second kappa shape index (κ2) is 5.02. The Balaban J connectivity index is 1.84. The van der Waals surface area contributed by atoms with E-state index in [0.29, 0.717) is 6.04 Å². The first-order valence-corrected chi connectivity index (χ1v) is 6.06. The van der Waals surface area contributed by atoms with E-state index in [1.807, 2.05) is 6.07 Å². The van der Waals surface area contributed by atoms with Gasteiger partial charge in [0.25, 0.3) is 0 Å². The van der Waals surface area contributed by atoms with Crippen molar-refractivity contribution in [2.45, 2.75) is 44.9 Å². The molecule has 1 aromatic rings. The summed E-state index contributed by atoms with van der Waals surface area (Å²) < 4.78 is 5.67. The van der Waals surface area contributed by atoms with Crippen molar-refractivity contribution in [2.24, 2.45) is 0 Å². The SMILES string of the molecule is CC1(C)CC(NCc2ccc(O)cn2)CCO1. The fourth-order valence-corrected chi connectivity index (χ4v) is 2.18. The molecule has 1 atom stereocenters. The first-order valence-electron chi connectivity index (χ1n) is 6.06. The predicted octanol–water partition coefficient (Wildman–Crippen LogP) is 1.83.